The average molecular weight is 324 g/mol. The molecule has 1 aromatic rings. The van der Waals surface area contributed by atoms with E-state index in [9.17, 15) is 8.42 Å². The van der Waals surface area contributed by atoms with Gasteiger partial charge in [0.15, 0.2) is 0 Å². The van der Waals surface area contributed by atoms with Gasteiger partial charge < -0.3 is 4.90 Å². The van der Waals surface area contributed by atoms with Gasteiger partial charge in [0.25, 0.3) is 0 Å². The molecule has 0 aliphatic carbocycles. The summed E-state index contributed by atoms with van der Waals surface area (Å²) in [5.41, 5.74) is 1.81. The molecule has 1 fully saturated rings. The molecule has 2 rings (SSSR count). The summed E-state index contributed by atoms with van der Waals surface area (Å²) in [5.74, 6) is 0.691. The van der Waals surface area contributed by atoms with E-state index in [-0.39, 0.29) is 0 Å². The zero-order valence-electron chi connectivity index (χ0n) is 14.2. The van der Waals surface area contributed by atoms with E-state index >= 15 is 0 Å². The number of aryl methyl sites for hydroxylation is 2. The van der Waals surface area contributed by atoms with E-state index < -0.39 is 10.0 Å². The number of hydrogen-bond acceptors (Lipinski definition) is 3. The SMILES string of the molecule is Cc1ccc(C)c(S(=O)(=O)N2CCN(CCC(C)C)CC2)c1. The number of nitrogens with zero attached hydrogens (tertiary/aromatic N) is 2. The fraction of sp³-hybridized carbons (Fsp3) is 0.647. The van der Waals surface area contributed by atoms with Crippen molar-refractivity contribution in [1.29, 1.82) is 0 Å². The number of sulfonamides is 1. The van der Waals surface area contributed by atoms with Crippen LogP contribution in [0.4, 0.5) is 0 Å². The Labute approximate surface area is 135 Å². The molecule has 5 heteroatoms. The Morgan fingerprint density at radius 2 is 1.73 bits per heavy atom. The van der Waals surface area contributed by atoms with Crippen LogP contribution in [0.15, 0.2) is 23.1 Å². The molecule has 124 valence electrons. The summed E-state index contributed by atoms with van der Waals surface area (Å²) in [6.07, 6.45) is 1.17. The molecule has 4 nitrogen and oxygen atoms in total. The Morgan fingerprint density at radius 1 is 1.09 bits per heavy atom. The van der Waals surface area contributed by atoms with Gasteiger partial charge >= 0.3 is 0 Å². The van der Waals surface area contributed by atoms with Gasteiger partial charge in [-0.15, -0.1) is 0 Å². The standard InChI is InChI=1S/C17H28N2O2S/c1-14(2)7-8-18-9-11-19(12-10-18)22(20,21)17-13-15(3)5-6-16(17)4/h5-6,13-14H,7-12H2,1-4H3. The zero-order valence-corrected chi connectivity index (χ0v) is 15.0. The van der Waals surface area contributed by atoms with Crippen molar-refractivity contribution in [3.63, 3.8) is 0 Å². The number of hydrogen-bond donors (Lipinski definition) is 0. The molecule has 1 aliphatic rings. The summed E-state index contributed by atoms with van der Waals surface area (Å²) in [7, 11) is -3.36. The maximum atomic E-state index is 12.8. The van der Waals surface area contributed by atoms with Gasteiger partial charge in [0.1, 0.15) is 0 Å². The van der Waals surface area contributed by atoms with Crippen LogP contribution < -0.4 is 0 Å². The summed E-state index contributed by atoms with van der Waals surface area (Å²) >= 11 is 0. The fourth-order valence-electron chi connectivity index (χ4n) is 2.76. The van der Waals surface area contributed by atoms with Gasteiger partial charge in [-0.1, -0.05) is 26.0 Å². The average Bonchev–Trinajstić information content (AvgIpc) is 2.48. The van der Waals surface area contributed by atoms with E-state index in [0.29, 0.717) is 23.9 Å². The molecule has 1 heterocycles. The van der Waals surface area contributed by atoms with Crippen molar-refractivity contribution in [2.24, 2.45) is 5.92 Å². The first-order chi connectivity index (χ1) is 10.3. The van der Waals surface area contributed by atoms with E-state index in [0.717, 1.165) is 30.8 Å². The number of benzene rings is 1. The van der Waals surface area contributed by atoms with E-state index in [1.54, 1.807) is 10.4 Å². The normalized spacial score (nSPS) is 18.0. The predicted molar refractivity (Wildman–Crippen MR) is 90.6 cm³/mol. The smallest absolute Gasteiger partial charge is 0.243 e. The lowest BCUT2D eigenvalue weighted by atomic mass is 10.1. The van der Waals surface area contributed by atoms with Crippen LogP contribution in [0.3, 0.4) is 0 Å². The maximum Gasteiger partial charge on any atom is 0.243 e. The lowest BCUT2D eigenvalue weighted by Gasteiger charge is -2.34. The number of rotatable bonds is 5. The molecule has 0 saturated carbocycles. The first-order valence-electron chi connectivity index (χ1n) is 8.10. The van der Waals surface area contributed by atoms with Gasteiger partial charge in [0.2, 0.25) is 10.0 Å². The molecule has 0 N–H and O–H groups in total. The highest BCUT2D eigenvalue weighted by Gasteiger charge is 2.29. The monoisotopic (exact) mass is 324 g/mol. The van der Waals surface area contributed by atoms with E-state index in [1.807, 2.05) is 26.0 Å². The van der Waals surface area contributed by atoms with Gasteiger partial charge in [-0.2, -0.15) is 4.31 Å². The van der Waals surface area contributed by atoms with Crippen molar-refractivity contribution in [1.82, 2.24) is 9.21 Å². The van der Waals surface area contributed by atoms with Gasteiger partial charge in [0, 0.05) is 26.2 Å². The Balaban J connectivity index is 2.05. The van der Waals surface area contributed by atoms with Crippen molar-refractivity contribution in [3.05, 3.63) is 29.3 Å². The van der Waals surface area contributed by atoms with Gasteiger partial charge in [-0.05, 0) is 49.9 Å². The third-order valence-corrected chi connectivity index (χ3v) is 6.36. The molecule has 0 spiro atoms. The Morgan fingerprint density at radius 3 is 2.32 bits per heavy atom. The topological polar surface area (TPSA) is 40.6 Å². The summed E-state index contributed by atoms with van der Waals surface area (Å²) in [6.45, 7) is 12.2. The Kier molecular flexibility index (Phi) is 5.64. The maximum absolute atomic E-state index is 12.8. The highest BCUT2D eigenvalue weighted by atomic mass is 32.2. The first kappa shape index (κ1) is 17.4. The fourth-order valence-corrected chi connectivity index (χ4v) is 4.49. The van der Waals surface area contributed by atoms with Crippen LogP contribution >= 0.6 is 0 Å². The lowest BCUT2D eigenvalue weighted by Crippen LogP contribution is -2.48. The van der Waals surface area contributed by atoms with Crippen LogP contribution in [-0.2, 0) is 10.0 Å². The van der Waals surface area contributed by atoms with Gasteiger partial charge in [0.05, 0.1) is 4.90 Å². The second-order valence-electron chi connectivity index (χ2n) is 6.70. The largest absolute Gasteiger partial charge is 0.301 e. The van der Waals surface area contributed by atoms with E-state index in [2.05, 4.69) is 18.7 Å². The van der Waals surface area contributed by atoms with Crippen LogP contribution in [-0.4, -0.2) is 50.3 Å². The third-order valence-electron chi connectivity index (χ3n) is 4.32. The van der Waals surface area contributed by atoms with Crippen LogP contribution in [0, 0.1) is 19.8 Å². The van der Waals surface area contributed by atoms with Crippen molar-refractivity contribution in [2.75, 3.05) is 32.7 Å². The summed E-state index contributed by atoms with van der Waals surface area (Å²) in [6, 6.07) is 5.63. The molecule has 0 atom stereocenters. The van der Waals surface area contributed by atoms with Crippen LogP contribution in [0.2, 0.25) is 0 Å². The highest BCUT2D eigenvalue weighted by molar-refractivity contribution is 7.89. The minimum atomic E-state index is -3.36. The van der Waals surface area contributed by atoms with Crippen LogP contribution in [0.25, 0.3) is 0 Å². The zero-order chi connectivity index (χ0) is 16.3. The molecule has 1 saturated heterocycles. The third kappa shape index (κ3) is 4.09. The molecule has 1 aliphatic heterocycles. The number of piperazine rings is 1. The predicted octanol–water partition coefficient (Wildman–Crippen LogP) is 2.66. The summed E-state index contributed by atoms with van der Waals surface area (Å²) < 4.78 is 27.3. The molecule has 0 unspecified atom stereocenters. The molecular formula is C17H28N2O2S. The Bertz CT molecular complexity index is 603. The van der Waals surface area contributed by atoms with E-state index in [4.69, 9.17) is 0 Å². The molecule has 0 aromatic heterocycles. The molecule has 0 amide bonds. The van der Waals surface area contributed by atoms with Gasteiger partial charge in [-0.25, -0.2) is 8.42 Å². The second-order valence-corrected chi connectivity index (χ2v) is 8.60. The highest BCUT2D eigenvalue weighted by Crippen LogP contribution is 2.22. The Hall–Kier alpha value is -0.910. The van der Waals surface area contributed by atoms with Crippen molar-refractivity contribution in [3.8, 4) is 0 Å². The van der Waals surface area contributed by atoms with Crippen molar-refractivity contribution in [2.45, 2.75) is 39.0 Å². The molecule has 1 aromatic carbocycles. The van der Waals surface area contributed by atoms with Crippen LogP contribution in [0.5, 0.6) is 0 Å². The summed E-state index contributed by atoms with van der Waals surface area (Å²) in [4.78, 5) is 2.83. The minimum Gasteiger partial charge on any atom is -0.301 e. The van der Waals surface area contributed by atoms with Crippen molar-refractivity contribution < 1.29 is 8.42 Å². The van der Waals surface area contributed by atoms with E-state index in [1.165, 1.54) is 6.42 Å². The second kappa shape index (κ2) is 7.11. The van der Waals surface area contributed by atoms with Gasteiger partial charge in [-0.3, -0.25) is 0 Å². The lowest BCUT2D eigenvalue weighted by molar-refractivity contribution is 0.180. The van der Waals surface area contributed by atoms with Crippen molar-refractivity contribution >= 4 is 10.0 Å². The molecule has 22 heavy (non-hydrogen) atoms. The first-order valence-corrected chi connectivity index (χ1v) is 9.54. The minimum absolute atomic E-state index is 0.461. The molecule has 0 bridgehead atoms. The quantitative estimate of drug-likeness (QED) is 0.836. The molecular weight excluding hydrogens is 296 g/mol. The van der Waals surface area contributed by atoms with Crippen LogP contribution in [0.1, 0.15) is 31.4 Å². The molecule has 0 radical (unpaired) electrons. The summed E-state index contributed by atoms with van der Waals surface area (Å²) in [5, 5.41) is 0.